The van der Waals surface area contributed by atoms with Gasteiger partial charge in [-0.3, -0.25) is 4.79 Å². The molecule has 0 saturated carbocycles. The van der Waals surface area contributed by atoms with Gasteiger partial charge in [-0.2, -0.15) is 5.10 Å². The van der Waals surface area contributed by atoms with E-state index in [2.05, 4.69) is 5.10 Å². The summed E-state index contributed by atoms with van der Waals surface area (Å²) in [6.45, 7) is 1.90. The highest BCUT2D eigenvalue weighted by atomic mass is 35.5. The predicted molar refractivity (Wildman–Crippen MR) is 67.5 cm³/mol. The molecule has 2 aromatic rings. The Bertz CT molecular complexity index is 595. The van der Waals surface area contributed by atoms with Gasteiger partial charge in [0.25, 0.3) is 5.91 Å². The van der Waals surface area contributed by atoms with Gasteiger partial charge in [-0.15, -0.1) is 0 Å². The van der Waals surface area contributed by atoms with Crippen LogP contribution in [0.2, 0.25) is 5.02 Å². The molecule has 5 nitrogen and oxygen atoms in total. The molecule has 1 unspecified atom stereocenters. The Labute approximate surface area is 109 Å². The number of benzene rings is 1. The minimum Gasteiger partial charge on any atom is -0.378 e. The van der Waals surface area contributed by atoms with Crippen molar-refractivity contribution in [1.82, 2.24) is 9.78 Å². The number of amides is 1. The molecule has 1 aromatic heterocycles. The van der Waals surface area contributed by atoms with Crippen molar-refractivity contribution >= 4 is 17.5 Å². The molecule has 2 rings (SSSR count). The molecule has 0 fully saturated rings. The maximum absolute atomic E-state index is 10.9. The molecule has 0 saturated heterocycles. The number of rotatable bonds is 3. The van der Waals surface area contributed by atoms with Crippen molar-refractivity contribution in [1.29, 1.82) is 0 Å². The zero-order chi connectivity index (χ0) is 13.3. The van der Waals surface area contributed by atoms with E-state index >= 15 is 0 Å². The molecule has 1 heterocycles. The lowest BCUT2D eigenvalue weighted by molar-refractivity contribution is -0.126. The van der Waals surface area contributed by atoms with Crippen LogP contribution in [0.3, 0.4) is 0 Å². The molecule has 0 aliphatic rings. The Morgan fingerprint density at radius 2 is 2.28 bits per heavy atom. The van der Waals surface area contributed by atoms with E-state index in [1.807, 2.05) is 19.1 Å². The largest absolute Gasteiger partial charge is 0.378 e. The summed E-state index contributed by atoms with van der Waals surface area (Å²) in [5, 5.41) is 14.2. The fourth-order valence-electron chi connectivity index (χ4n) is 1.65. The van der Waals surface area contributed by atoms with Crippen LogP contribution in [-0.2, 0) is 4.79 Å². The van der Waals surface area contributed by atoms with Crippen LogP contribution < -0.4 is 5.73 Å². The van der Waals surface area contributed by atoms with E-state index in [0.29, 0.717) is 10.6 Å². The Morgan fingerprint density at radius 1 is 1.56 bits per heavy atom. The van der Waals surface area contributed by atoms with E-state index < -0.39 is 12.0 Å². The van der Waals surface area contributed by atoms with Crippen LogP contribution in [0, 0.1) is 6.92 Å². The Kier molecular flexibility index (Phi) is 3.36. The quantitative estimate of drug-likeness (QED) is 0.879. The fourth-order valence-corrected chi connectivity index (χ4v) is 1.88. The number of nitrogens with two attached hydrogens (primary N) is 1. The number of hydrogen-bond acceptors (Lipinski definition) is 3. The number of nitrogens with zero attached hydrogens (tertiary/aromatic N) is 2. The third kappa shape index (κ3) is 2.37. The summed E-state index contributed by atoms with van der Waals surface area (Å²) < 4.78 is 1.56. The minimum absolute atomic E-state index is 0.358. The number of aromatic nitrogens is 2. The molecule has 1 atom stereocenters. The molecular formula is C12H12ClN3O2. The summed E-state index contributed by atoms with van der Waals surface area (Å²) in [5.74, 6) is -0.803. The summed E-state index contributed by atoms with van der Waals surface area (Å²) in [6.07, 6.45) is 1.63. The lowest BCUT2D eigenvalue weighted by atomic mass is 10.2. The van der Waals surface area contributed by atoms with Crippen LogP contribution in [0.4, 0.5) is 0 Å². The van der Waals surface area contributed by atoms with Crippen LogP contribution >= 0.6 is 11.6 Å². The minimum atomic E-state index is -1.34. The molecule has 1 amide bonds. The molecule has 94 valence electrons. The number of primary amides is 1. The number of aryl methyl sites for hydroxylation is 1. The first-order chi connectivity index (χ1) is 8.49. The summed E-state index contributed by atoms with van der Waals surface area (Å²) in [5.41, 5.74) is 7.14. The van der Waals surface area contributed by atoms with Crippen LogP contribution in [0.25, 0.3) is 5.69 Å². The van der Waals surface area contributed by atoms with E-state index in [0.717, 1.165) is 11.3 Å². The number of carbonyl (C=O) groups excluding carboxylic acids is 1. The van der Waals surface area contributed by atoms with Gasteiger partial charge >= 0.3 is 0 Å². The monoisotopic (exact) mass is 265 g/mol. The highest BCUT2D eigenvalue weighted by Crippen LogP contribution is 2.20. The second-order valence-corrected chi connectivity index (χ2v) is 4.39. The van der Waals surface area contributed by atoms with E-state index in [1.54, 1.807) is 16.9 Å². The van der Waals surface area contributed by atoms with Gasteiger partial charge in [-0.1, -0.05) is 11.6 Å². The molecule has 0 bridgehead atoms. The van der Waals surface area contributed by atoms with Crippen molar-refractivity contribution in [2.24, 2.45) is 5.73 Å². The molecule has 6 heteroatoms. The summed E-state index contributed by atoms with van der Waals surface area (Å²) >= 11 is 5.87. The first-order valence-electron chi connectivity index (χ1n) is 5.27. The van der Waals surface area contributed by atoms with Gasteiger partial charge in [0.15, 0.2) is 6.10 Å². The lowest BCUT2D eigenvalue weighted by Crippen LogP contribution is -2.20. The normalized spacial score (nSPS) is 12.4. The van der Waals surface area contributed by atoms with Crippen molar-refractivity contribution < 1.29 is 9.90 Å². The molecule has 0 aliphatic carbocycles. The first kappa shape index (κ1) is 12.6. The standard InChI is InChI=1S/C12H12ClN3O2/c1-7-4-9(13)2-3-10(7)16-6-8(5-15-16)11(17)12(14)18/h2-6,11,17H,1H3,(H2,14,18). The van der Waals surface area contributed by atoms with Gasteiger partial charge in [0.05, 0.1) is 11.9 Å². The van der Waals surface area contributed by atoms with Gasteiger partial charge in [0.1, 0.15) is 0 Å². The van der Waals surface area contributed by atoms with Gasteiger partial charge in [-0.05, 0) is 30.7 Å². The smallest absolute Gasteiger partial charge is 0.251 e. The number of halogens is 1. The SMILES string of the molecule is Cc1cc(Cl)ccc1-n1cc(C(O)C(N)=O)cn1. The first-order valence-corrected chi connectivity index (χ1v) is 5.65. The molecular weight excluding hydrogens is 254 g/mol. The van der Waals surface area contributed by atoms with Crippen molar-refractivity contribution in [2.75, 3.05) is 0 Å². The fraction of sp³-hybridized carbons (Fsp3) is 0.167. The topological polar surface area (TPSA) is 81.1 Å². The van der Waals surface area contributed by atoms with Crippen molar-refractivity contribution in [3.63, 3.8) is 0 Å². The highest BCUT2D eigenvalue weighted by molar-refractivity contribution is 6.30. The third-order valence-corrected chi connectivity index (χ3v) is 2.83. The molecule has 0 spiro atoms. The van der Waals surface area contributed by atoms with Crippen molar-refractivity contribution in [2.45, 2.75) is 13.0 Å². The van der Waals surface area contributed by atoms with Crippen LogP contribution in [0.1, 0.15) is 17.2 Å². The van der Waals surface area contributed by atoms with E-state index in [-0.39, 0.29) is 0 Å². The zero-order valence-corrected chi connectivity index (χ0v) is 10.4. The van der Waals surface area contributed by atoms with Crippen molar-refractivity contribution in [3.8, 4) is 5.69 Å². The van der Waals surface area contributed by atoms with E-state index in [9.17, 15) is 9.90 Å². The Morgan fingerprint density at radius 3 is 2.89 bits per heavy atom. The van der Waals surface area contributed by atoms with Crippen LogP contribution in [0.15, 0.2) is 30.6 Å². The zero-order valence-electron chi connectivity index (χ0n) is 9.67. The summed E-state index contributed by atoms with van der Waals surface area (Å²) in [6, 6.07) is 5.36. The lowest BCUT2D eigenvalue weighted by Gasteiger charge is -2.06. The molecule has 0 radical (unpaired) electrons. The summed E-state index contributed by atoms with van der Waals surface area (Å²) in [4.78, 5) is 10.9. The maximum Gasteiger partial charge on any atom is 0.251 e. The average molecular weight is 266 g/mol. The van der Waals surface area contributed by atoms with Crippen LogP contribution in [0.5, 0.6) is 0 Å². The number of carbonyl (C=O) groups is 1. The second-order valence-electron chi connectivity index (χ2n) is 3.95. The third-order valence-electron chi connectivity index (χ3n) is 2.59. The number of aliphatic hydroxyl groups excluding tert-OH is 1. The maximum atomic E-state index is 10.9. The van der Waals surface area contributed by atoms with Gasteiger partial charge in [0, 0.05) is 16.8 Å². The van der Waals surface area contributed by atoms with Gasteiger partial charge in [-0.25, -0.2) is 4.68 Å². The second kappa shape index (κ2) is 4.80. The predicted octanol–water partition coefficient (Wildman–Crippen LogP) is 1.35. The Hall–Kier alpha value is -1.85. The number of hydrogen-bond donors (Lipinski definition) is 2. The average Bonchev–Trinajstić information content (AvgIpc) is 2.77. The number of aliphatic hydroxyl groups is 1. The van der Waals surface area contributed by atoms with Crippen molar-refractivity contribution in [3.05, 3.63) is 46.7 Å². The van der Waals surface area contributed by atoms with Crippen LogP contribution in [-0.4, -0.2) is 20.8 Å². The van der Waals surface area contributed by atoms with Gasteiger partial charge in [0.2, 0.25) is 0 Å². The summed E-state index contributed by atoms with van der Waals surface area (Å²) in [7, 11) is 0. The molecule has 3 N–H and O–H groups in total. The molecule has 1 aromatic carbocycles. The molecule has 0 aliphatic heterocycles. The van der Waals surface area contributed by atoms with E-state index in [1.165, 1.54) is 6.20 Å². The molecule has 18 heavy (non-hydrogen) atoms. The highest BCUT2D eigenvalue weighted by Gasteiger charge is 2.16. The van der Waals surface area contributed by atoms with Gasteiger partial charge < -0.3 is 10.8 Å². The van der Waals surface area contributed by atoms with E-state index in [4.69, 9.17) is 17.3 Å². The Balaban J connectivity index is 2.38.